The van der Waals surface area contributed by atoms with Crippen molar-refractivity contribution in [2.45, 2.75) is 26.2 Å². The van der Waals surface area contributed by atoms with E-state index in [0.717, 1.165) is 0 Å². The van der Waals surface area contributed by atoms with Crippen LogP contribution >= 0.6 is 0 Å². The van der Waals surface area contributed by atoms with Crippen LogP contribution in [0.25, 0.3) is 0 Å². The molecule has 1 fully saturated rings. The van der Waals surface area contributed by atoms with Crippen molar-refractivity contribution in [3.05, 3.63) is 0 Å². The Morgan fingerprint density at radius 3 is 2.71 bits per heavy atom. The molecule has 1 aliphatic rings. The molecule has 0 amide bonds. The molecule has 1 aliphatic heterocycles. The third-order valence-electron chi connectivity index (χ3n) is 3.15. The number of Topliss-reactive ketones (excluding diaryl/α,β-unsaturated/α-hetero) is 1. The van der Waals surface area contributed by atoms with Crippen molar-refractivity contribution >= 4 is 11.8 Å². The predicted molar refractivity (Wildman–Crippen MR) is 60.6 cm³/mol. The fourth-order valence-corrected chi connectivity index (χ4v) is 2.00. The van der Waals surface area contributed by atoms with E-state index in [2.05, 4.69) is 0 Å². The highest BCUT2D eigenvalue weighted by Gasteiger charge is 2.48. The summed E-state index contributed by atoms with van der Waals surface area (Å²) in [6, 6.07) is 0. The van der Waals surface area contributed by atoms with Crippen LogP contribution in [0.3, 0.4) is 0 Å². The summed E-state index contributed by atoms with van der Waals surface area (Å²) in [5.41, 5.74) is -0.912. The lowest BCUT2D eigenvalue weighted by molar-refractivity contribution is -0.151. The van der Waals surface area contributed by atoms with E-state index in [0.29, 0.717) is 45.7 Å². The van der Waals surface area contributed by atoms with Crippen LogP contribution in [0.1, 0.15) is 26.2 Å². The van der Waals surface area contributed by atoms with Gasteiger partial charge in [0.2, 0.25) is 0 Å². The van der Waals surface area contributed by atoms with Gasteiger partial charge in [0, 0.05) is 20.1 Å². The Balaban J connectivity index is 2.31. The van der Waals surface area contributed by atoms with E-state index in [1.807, 2.05) is 0 Å². The minimum atomic E-state index is -0.912. The van der Waals surface area contributed by atoms with Crippen LogP contribution in [0, 0.1) is 5.41 Å². The molecule has 0 saturated carbocycles. The minimum absolute atomic E-state index is 0.100. The van der Waals surface area contributed by atoms with Crippen molar-refractivity contribution in [1.29, 1.82) is 0 Å². The molecule has 17 heavy (non-hydrogen) atoms. The van der Waals surface area contributed by atoms with E-state index in [9.17, 15) is 9.59 Å². The Kier molecular flexibility index (Phi) is 5.58. The van der Waals surface area contributed by atoms with Gasteiger partial charge in [-0.05, 0) is 19.8 Å². The zero-order chi connectivity index (χ0) is 12.7. The molecule has 1 saturated heterocycles. The maximum Gasteiger partial charge on any atom is 0.319 e. The molecule has 0 N–H and O–H groups in total. The van der Waals surface area contributed by atoms with Gasteiger partial charge in [0.25, 0.3) is 0 Å². The van der Waals surface area contributed by atoms with Crippen LogP contribution in [0.5, 0.6) is 0 Å². The van der Waals surface area contributed by atoms with E-state index in [4.69, 9.17) is 14.2 Å². The summed E-state index contributed by atoms with van der Waals surface area (Å²) in [6.45, 7) is 3.43. The van der Waals surface area contributed by atoms with Gasteiger partial charge < -0.3 is 14.2 Å². The zero-order valence-electron chi connectivity index (χ0n) is 10.5. The average molecular weight is 244 g/mol. The molecule has 1 rings (SSSR count). The quantitative estimate of drug-likeness (QED) is 0.361. The number of rotatable bonds is 8. The molecule has 0 aliphatic carbocycles. The first-order valence-electron chi connectivity index (χ1n) is 5.88. The van der Waals surface area contributed by atoms with E-state index >= 15 is 0 Å². The summed E-state index contributed by atoms with van der Waals surface area (Å²) in [7, 11) is 1.61. The number of hydrogen-bond donors (Lipinski definition) is 0. The van der Waals surface area contributed by atoms with Gasteiger partial charge in [0.15, 0.2) is 0 Å². The Labute approximate surface area is 101 Å². The van der Waals surface area contributed by atoms with Gasteiger partial charge >= 0.3 is 5.97 Å². The highest BCUT2D eigenvalue weighted by Crippen LogP contribution is 2.35. The molecule has 0 spiro atoms. The van der Waals surface area contributed by atoms with Gasteiger partial charge in [0.05, 0.1) is 19.8 Å². The monoisotopic (exact) mass is 244 g/mol. The fourth-order valence-electron chi connectivity index (χ4n) is 2.00. The highest BCUT2D eigenvalue weighted by atomic mass is 16.5. The molecule has 5 nitrogen and oxygen atoms in total. The summed E-state index contributed by atoms with van der Waals surface area (Å²) in [4.78, 5) is 23.2. The first kappa shape index (κ1) is 14.1. The number of cyclic esters (lactones) is 1. The molecule has 1 heterocycles. The maximum absolute atomic E-state index is 11.6. The molecule has 98 valence electrons. The number of ether oxygens (including phenoxy) is 3. The maximum atomic E-state index is 11.6. The first-order valence-corrected chi connectivity index (χ1v) is 5.88. The van der Waals surface area contributed by atoms with E-state index in [-0.39, 0.29) is 11.8 Å². The average Bonchev–Trinajstić information content (AvgIpc) is 2.66. The predicted octanol–water partition coefficient (Wildman–Crippen LogP) is 0.952. The molecular weight excluding hydrogens is 224 g/mol. The molecule has 0 radical (unpaired) electrons. The second-order valence-electron chi connectivity index (χ2n) is 4.23. The molecule has 0 bridgehead atoms. The fraction of sp³-hybridized carbons (Fsp3) is 0.833. The molecule has 1 unspecified atom stereocenters. The standard InChI is InChI=1S/C12H20O5/c1-10(13)12(5-7-17-11(12)14)4-3-6-16-9-8-15-2/h3-9H2,1-2H3. The minimum Gasteiger partial charge on any atom is -0.465 e. The van der Waals surface area contributed by atoms with Gasteiger partial charge in [-0.1, -0.05) is 0 Å². The summed E-state index contributed by atoms with van der Waals surface area (Å²) < 4.78 is 15.1. The summed E-state index contributed by atoms with van der Waals surface area (Å²) >= 11 is 0. The Morgan fingerprint density at radius 2 is 2.18 bits per heavy atom. The van der Waals surface area contributed by atoms with Crippen LogP contribution in [-0.4, -0.2) is 45.3 Å². The van der Waals surface area contributed by atoms with Crippen LogP contribution in [0.2, 0.25) is 0 Å². The van der Waals surface area contributed by atoms with Crippen LogP contribution in [0.4, 0.5) is 0 Å². The third-order valence-corrected chi connectivity index (χ3v) is 3.15. The van der Waals surface area contributed by atoms with Crippen molar-refractivity contribution in [2.24, 2.45) is 5.41 Å². The van der Waals surface area contributed by atoms with E-state index < -0.39 is 5.41 Å². The normalized spacial score (nSPS) is 23.8. The summed E-state index contributed by atoms with van der Waals surface area (Å²) in [6.07, 6.45) is 1.69. The second kappa shape index (κ2) is 6.71. The van der Waals surface area contributed by atoms with Gasteiger partial charge in [-0.25, -0.2) is 0 Å². The Morgan fingerprint density at radius 1 is 1.41 bits per heavy atom. The third kappa shape index (κ3) is 3.51. The SMILES string of the molecule is COCCOCCCC1(C(C)=O)CCOC1=O. The smallest absolute Gasteiger partial charge is 0.319 e. The zero-order valence-corrected chi connectivity index (χ0v) is 10.5. The van der Waals surface area contributed by atoms with E-state index in [1.165, 1.54) is 6.92 Å². The number of esters is 1. The Bertz CT molecular complexity index is 276. The van der Waals surface area contributed by atoms with Crippen molar-refractivity contribution in [3.63, 3.8) is 0 Å². The number of hydrogen-bond acceptors (Lipinski definition) is 5. The molecular formula is C12H20O5. The summed E-state index contributed by atoms with van der Waals surface area (Å²) in [5, 5.41) is 0. The summed E-state index contributed by atoms with van der Waals surface area (Å²) in [5.74, 6) is -0.473. The van der Waals surface area contributed by atoms with Crippen molar-refractivity contribution in [1.82, 2.24) is 0 Å². The lowest BCUT2D eigenvalue weighted by Gasteiger charge is -2.20. The largest absolute Gasteiger partial charge is 0.465 e. The number of methoxy groups -OCH3 is 1. The lowest BCUT2D eigenvalue weighted by Crippen LogP contribution is -2.34. The lowest BCUT2D eigenvalue weighted by atomic mass is 9.78. The van der Waals surface area contributed by atoms with Crippen molar-refractivity contribution in [3.8, 4) is 0 Å². The van der Waals surface area contributed by atoms with Crippen molar-refractivity contribution < 1.29 is 23.8 Å². The Hall–Kier alpha value is -0.940. The van der Waals surface area contributed by atoms with Crippen LogP contribution < -0.4 is 0 Å². The molecule has 0 aromatic heterocycles. The van der Waals surface area contributed by atoms with Gasteiger partial charge in [-0.15, -0.1) is 0 Å². The number of carbonyl (C=O) groups excluding carboxylic acids is 2. The molecule has 1 atom stereocenters. The topological polar surface area (TPSA) is 61.8 Å². The van der Waals surface area contributed by atoms with Crippen molar-refractivity contribution in [2.75, 3.05) is 33.5 Å². The highest BCUT2D eigenvalue weighted by molar-refractivity contribution is 6.03. The molecule has 0 aromatic rings. The molecule has 5 heteroatoms. The first-order chi connectivity index (χ1) is 8.13. The van der Waals surface area contributed by atoms with Gasteiger partial charge in [-0.3, -0.25) is 9.59 Å². The number of ketones is 1. The van der Waals surface area contributed by atoms with Gasteiger partial charge in [0.1, 0.15) is 11.2 Å². The van der Waals surface area contributed by atoms with Crippen LogP contribution in [-0.2, 0) is 23.8 Å². The van der Waals surface area contributed by atoms with E-state index in [1.54, 1.807) is 7.11 Å². The van der Waals surface area contributed by atoms with Gasteiger partial charge in [-0.2, -0.15) is 0 Å². The molecule has 0 aromatic carbocycles. The van der Waals surface area contributed by atoms with Crippen LogP contribution in [0.15, 0.2) is 0 Å². The second-order valence-corrected chi connectivity index (χ2v) is 4.23. The number of carbonyl (C=O) groups is 2.